The highest BCUT2D eigenvalue weighted by Gasteiger charge is 2.49. The van der Waals surface area contributed by atoms with Gasteiger partial charge < -0.3 is 5.32 Å². The van der Waals surface area contributed by atoms with Gasteiger partial charge in [-0.2, -0.15) is 0 Å². The maximum absolute atomic E-state index is 12.8. The lowest BCUT2D eigenvalue weighted by Crippen LogP contribution is -2.37. The molecule has 0 aliphatic heterocycles. The van der Waals surface area contributed by atoms with Crippen molar-refractivity contribution in [1.82, 2.24) is 14.9 Å². The summed E-state index contributed by atoms with van der Waals surface area (Å²) in [6.45, 7) is 2.03. The molecule has 7 heteroatoms. The van der Waals surface area contributed by atoms with Gasteiger partial charge in [-0.25, -0.2) is 4.68 Å². The van der Waals surface area contributed by atoms with E-state index in [1.165, 1.54) is 17.3 Å². The summed E-state index contributed by atoms with van der Waals surface area (Å²) in [5, 5.41) is 10.2. The number of aromatic nitrogens is 3. The number of benzene rings is 1. The predicted octanol–water partition coefficient (Wildman–Crippen LogP) is 2.20. The quantitative estimate of drug-likeness (QED) is 0.837. The average Bonchev–Trinajstić information content (AvgIpc) is 3.32. The molecule has 0 radical (unpaired) electrons. The van der Waals surface area contributed by atoms with Gasteiger partial charge in [-0.3, -0.25) is 15.0 Å². The molecule has 1 aromatic heterocycles. The zero-order chi connectivity index (χ0) is 17.4. The van der Waals surface area contributed by atoms with E-state index in [1.807, 2.05) is 6.92 Å². The molecule has 1 fully saturated rings. The third-order valence-corrected chi connectivity index (χ3v) is 5.23. The van der Waals surface area contributed by atoms with Crippen molar-refractivity contribution in [1.29, 1.82) is 0 Å². The Labute approximate surface area is 145 Å². The normalized spacial score (nSPS) is 26.6. The van der Waals surface area contributed by atoms with E-state index in [9.17, 15) is 9.59 Å². The van der Waals surface area contributed by atoms with Gasteiger partial charge in [0.25, 0.3) is 5.91 Å². The predicted molar refractivity (Wildman–Crippen MR) is 92.2 cm³/mol. The maximum Gasteiger partial charge on any atom is 0.270 e. The summed E-state index contributed by atoms with van der Waals surface area (Å²) in [6.07, 6.45) is 9.12. The van der Waals surface area contributed by atoms with Crippen molar-refractivity contribution < 1.29 is 9.59 Å². The Morgan fingerprint density at radius 1 is 1.24 bits per heavy atom. The molecule has 2 aliphatic carbocycles. The van der Waals surface area contributed by atoms with Gasteiger partial charge in [0.1, 0.15) is 12.7 Å². The van der Waals surface area contributed by atoms with Gasteiger partial charge in [0.15, 0.2) is 0 Å². The van der Waals surface area contributed by atoms with E-state index in [0.29, 0.717) is 23.1 Å². The lowest BCUT2D eigenvalue weighted by atomic mass is 9.77. The first-order valence-corrected chi connectivity index (χ1v) is 8.30. The molecule has 2 N–H and O–H groups in total. The first kappa shape index (κ1) is 15.6. The van der Waals surface area contributed by atoms with Gasteiger partial charge in [0.05, 0.1) is 5.41 Å². The number of rotatable bonds is 4. The van der Waals surface area contributed by atoms with Crippen molar-refractivity contribution >= 4 is 17.5 Å². The summed E-state index contributed by atoms with van der Waals surface area (Å²) < 4.78 is 1.37. The smallest absolute Gasteiger partial charge is 0.270 e. The molecule has 2 bridgehead atoms. The van der Waals surface area contributed by atoms with Gasteiger partial charge in [-0.1, -0.05) is 25.1 Å². The van der Waals surface area contributed by atoms with Gasteiger partial charge in [0, 0.05) is 11.3 Å². The highest BCUT2D eigenvalue weighted by molar-refractivity contribution is 6.02. The molecule has 1 saturated carbocycles. The summed E-state index contributed by atoms with van der Waals surface area (Å²) >= 11 is 0. The van der Waals surface area contributed by atoms with E-state index in [4.69, 9.17) is 0 Å². The van der Waals surface area contributed by atoms with Crippen molar-refractivity contribution in [3.05, 3.63) is 54.6 Å². The van der Waals surface area contributed by atoms with Crippen molar-refractivity contribution in [2.45, 2.75) is 19.8 Å². The van der Waals surface area contributed by atoms with E-state index >= 15 is 0 Å². The molecule has 1 heterocycles. The summed E-state index contributed by atoms with van der Waals surface area (Å²) in [7, 11) is 0. The van der Waals surface area contributed by atoms with Crippen LogP contribution in [0.2, 0.25) is 0 Å². The Balaban J connectivity index is 1.47. The van der Waals surface area contributed by atoms with Crippen LogP contribution in [0, 0.1) is 17.3 Å². The number of hydrogen-bond donors (Lipinski definition) is 2. The van der Waals surface area contributed by atoms with Crippen LogP contribution in [-0.4, -0.2) is 26.7 Å². The number of nitrogens with zero attached hydrogens (tertiary/aromatic N) is 3. The van der Waals surface area contributed by atoms with Gasteiger partial charge in [-0.05, 0) is 42.9 Å². The van der Waals surface area contributed by atoms with Crippen molar-refractivity contribution in [3.63, 3.8) is 0 Å². The second-order valence-electron chi connectivity index (χ2n) is 6.95. The Hall–Kier alpha value is -2.96. The van der Waals surface area contributed by atoms with Crippen LogP contribution in [0.25, 0.3) is 0 Å². The minimum absolute atomic E-state index is 0.0146. The van der Waals surface area contributed by atoms with Crippen LogP contribution >= 0.6 is 0 Å². The van der Waals surface area contributed by atoms with Crippen LogP contribution in [0.5, 0.6) is 0 Å². The fourth-order valence-corrected chi connectivity index (χ4v) is 3.81. The van der Waals surface area contributed by atoms with E-state index in [1.54, 1.807) is 24.3 Å². The molecule has 0 saturated heterocycles. The monoisotopic (exact) mass is 337 g/mol. The highest BCUT2D eigenvalue weighted by atomic mass is 16.2. The second-order valence-corrected chi connectivity index (χ2v) is 6.95. The van der Waals surface area contributed by atoms with Crippen molar-refractivity contribution in [3.8, 4) is 0 Å². The van der Waals surface area contributed by atoms with Crippen LogP contribution in [0.15, 0.2) is 49.1 Å². The summed E-state index contributed by atoms with van der Waals surface area (Å²) in [5.41, 5.74) is 3.33. The van der Waals surface area contributed by atoms with E-state index in [2.05, 4.69) is 33.1 Å². The maximum atomic E-state index is 12.8. The molecule has 2 aliphatic rings. The van der Waals surface area contributed by atoms with Crippen molar-refractivity contribution in [2.75, 3.05) is 10.7 Å². The SMILES string of the molecule is C[C@]1(C(=O)Nc2cccc(C(=O)Nn3cnnc3)c2)C[C@H]2C=C[C@H]1C2. The fourth-order valence-electron chi connectivity index (χ4n) is 3.81. The number of anilines is 1. The lowest BCUT2D eigenvalue weighted by molar-refractivity contribution is -0.126. The molecular weight excluding hydrogens is 318 g/mol. The Bertz CT molecular complexity index is 845. The number of carbonyl (C=O) groups is 2. The van der Waals surface area contributed by atoms with Crippen LogP contribution in [0.1, 0.15) is 30.1 Å². The number of amides is 2. The highest BCUT2D eigenvalue weighted by Crippen LogP contribution is 2.52. The third kappa shape index (κ3) is 2.82. The average molecular weight is 337 g/mol. The Morgan fingerprint density at radius 2 is 2.04 bits per heavy atom. The van der Waals surface area contributed by atoms with Crippen LogP contribution in [-0.2, 0) is 4.79 Å². The third-order valence-electron chi connectivity index (χ3n) is 5.23. The topological polar surface area (TPSA) is 88.9 Å². The zero-order valence-electron chi connectivity index (χ0n) is 13.8. The first-order valence-electron chi connectivity index (χ1n) is 8.30. The number of allylic oxidation sites excluding steroid dienone is 2. The summed E-state index contributed by atoms with van der Waals surface area (Å²) in [5.74, 6) is 0.532. The minimum Gasteiger partial charge on any atom is -0.326 e. The molecule has 128 valence electrons. The lowest BCUT2D eigenvalue weighted by Gasteiger charge is -2.29. The molecule has 2 aromatic rings. The molecule has 0 spiro atoms. The van der Waals surface area contributed by atoms with Gasteiger partial charge >= 0.3 is 0 Å². The molecule has 25 heavy (non-hydrogen) atoms. The molecular formula is C18H19N5O2. The molecule has 3 atom stereocenters. The molecule has 0 unspecified atom stereocenters. The van der Waals surface area contributed by atoms with Gasteiger partial charge in [0.2, 0.25) is 5.91 Å². The Morgan fingerprint density at radius 3 is 2.72 bits per heavy atom. The van der Waals surface area contributed by atoms with Crippen LogP contribution in [0.4, 0.5) is 5.69 Å². The van der Waals surface area contributed by atoms with E-state index < -0.39 is 0 Å². The van der Waals surface area contributed by atoms with E-state index in [-0.39, 0.29) is 17.2 Å². The van der Waals surface area contributed by atoms with E-state index in [0.717, 1.165) is 12.8 Å². The molecule has 1 aromatic carbocycles. The second kappa shape index (κ2) is 5.84. The zero-order valence-corrected chi connectivity index (χ0v) is 13.8. The van der Waals surface area contributed by atoms with Crippen LogP contribution < -0.4 is 10.7 Å². The van der Waals surface area contributed by atoms with Gasteiger partial charge in [-0.15, -0.1) is 10.2 Å². The van der Waals surface area contributed by atoms with Crippen molar-refractivity contribution in [2.24, 2.45) is 17.3 Å². The largest absolute Gasteiger partial charge is 0.326 e. The molecule has 2 amide bonds. The summed E-state index contributed by atoms with van der Waals surface area (Å²) in [6, 6.07) is 6.90. The van der Waals surface area contributed by atoms with Crippen LogP contribution in [0.3, 0.4) is 0 Å². The fraction of sp³-hybridized carbons (Fsp3) is 0.333. The number of nitrogens with one attached hydrogen (secondary N) is 2. The summed E-state index contributed by atoms with van der Waals surface area (Å²) in [4.78, 5) is 25.1. The number of fused-ring (bicyclic) bond motifs is 2. The standard InChI is InChI=1S/C18H19N5O2/c1-18(9-12-5-6-14(18)7-12)17(25)21-15-4-2-3-13(8-15)16(24)22-23-10-19-20-11-23/h2-6,8,10-12,14H,7,9H2,1H3,(H,21,25)(H,22,24)/t12-,14-,18-/m0/s1. The molecule has 7 nitrogen and oxygen atoms in total. The minimum atomic E-state index is -0.375. The first-order chi connectivity index (χ1) is 12.0. The number of carbonyl (C=O) groups excluding carboxylic acids is 2. The molecule has 4 rings (SSSR count). The number of hydrogen-bond acceptors (Lipinski definition) is 4. The Kier molecular flexibility index (Phi) is 3.63.